The average molecular weight is 289 g/mol. The summed E-state index contributed by atoms with van der Waals surface area (Å²) in [4.78, 5) is 11.9. The molecule has 110 valence electrons. The van der Waals surface area contributed by atoms with E-state index < -0.39 is 18.6 Å². The largest absolute Gasteiger partial charge is 0.405 e. The first-order valence-corrected chi connectivity index (χ1v) is 6.46. The molecule has 20 heavy (non-hydrogen) atoms. The molecule has 2 heterocycles. The minimum absolute atomic E-state index is 0.0210. The molecule has 9 heteroatoms. The molecule has 0 unspecified atom stereocenters. The summed E-state index contributed by atoms with van der Waals surface area (Å²) in [5, 5.41) is 12.7. The first-order valence-electron chi connectivity index (χ1n) is 6.46. The van der Waals surface area contributed by atoms with Crippen LogP contribution >= 0.6 is 0 Å². The van der Waals surface area contributed by atoms with Crippen LogP contribution in [0.4, 0.5) is 13.2 Å². The molecule has 1 aromatic heterocycles. The van der Waals surface area contributed by atoms with Crippen molar-refractivity contribution >= 4 is 5.91 Å². The van der Waals surface area contributed by atoms with Gasteiger partial charge in [0.05, 0.1) is 11.7 Å². The molecule has 0 radical (unpaired) electrons. The molecular weight excluding hydrogens is 275 g/mol. The minimum Gasteiger partial charge on any atom is -0.341 e. The predicted molar refractivity (Wildman–Crippen MR) is 62.3 cm³/mol. The minimum atomic E-state index is -4.43. The van der Waals surface area contributed by atoms with E-state index in [2.05, 4.69) is 15.6 Å². The van der Waals surface area contributed by atoms with Crippen molar-refractivity contribution in [3.05, 3.63) is 11.4 Å². The van der Waals surface area contributed by atoms with Crippen LogP contribution in [0.5, 0.6) is 0 Å². The number of nitrogens with zero attached hydrogens (tertiary/aromatic N) is 3. The van der Waals surface area contributed by atoms with E-state index in [0.717, 1.165) is 12.8 Å². The van der Waals surface area contributed by atoms with Crippen LogP contribution in [0.15, 0.2) is 0 Å². The summed E-state index contributed by atoms with van der Waals surface area (Å²) in [7, 11) is 0. The first kappa shape index (κ1) is 13.3. The summed E-state index contributed by atoms with van der Waals surface area (Å²) in [6.07, 6.45) is -2.49. The zero-order valence-corrected chi connectivity index (χ0v) is 10.6. The van der Waals surface area contributed by atoms with E-state index in [1.165, 1.54) is 0 Å². The molecular formula is C11H14F3N5O. The second kappa shape index (κ2) is 4.72. The summed E-state index contributed by atoms with van der Waals surface area (Å²) in [5.41, 5.74) is 0.679. The molecule has 0 bridgehead atoms. The van der Waals surface area contributed by atoms with Gasteiger partial charge in [-0.25, -0.2) is 4.68 Å². The van der Waals surface area contributed by atoms with Crippen LogP contribution < -0.4 is 10.6 Å². The zero-order valence-electron chi connectivity index (χ0n) is 10.6. The lowest BCUT2D eigenvalue weighted by atomic mass is 9.97. The van der Waals surface area contributed by atoms with Crippen LogP contribution in [0.1, 0.15) is 41.0 Å². The van der Waals surface area contributed by atoms with E-state index in [1.54, 1.807) is 4.68 Å². The normalized spacial score (nSPS) is 19.8. The average Bonchev–Trinajstić information content (AvgIpc) is 3.05. The quantitative estimate of drug-likeness (QED) is 0.851. The van der Waals surface area contributed by atoms with Crippen molar-refractivity contribution in [3.63, 3.8) is 0 Å². The van der Waals surface area contributed by atoms with Crippen molar-refractivity contribution in [2.75, 3.05) is 19.6 Å². The monoisotopic (exact) mass is 289 g/mol. The van der Waals surface area contributed by atoms with E-state index in [4.69, 9.17) is 0 Å². The Morgan fingerprint density at radius 1 is 1.40 bits per heavy atom. The lowest BCUT2D eigenvalue weighted by Gasteiger charge is -2.28. The molecule has 1 aromatic rings. The van der Waals surface area contributed by atoms with Crippen LogP contribution in [-0.2, 0) is 0 Å². The molecule has 1 aliphatic heterocycles. The Morgan fingerprint density at radius 3 is 2.60 bits per heavy atom. The summed E-state index contributed by atoms with van der Waals surface area (Å²) in [6.45, 7) is 0.0315. The van der Waals surface area contributed by atoms with Gasteiger partial charge in [-0.2, -0.15) is 13.2 Å². The van der Waals surface area contributed by atoms with Crippen molar-refractivity contribution < 1.29 is 18.0 Å². The molecule has 2 fully saturated rings. The highest BCUT2D eigenvalue weighted by Crippen LogP contribution is 2.37. The van der Waals surface area contributed by atoms with Crippen molar-refractivity contribution in [1.82, 2.24) is 25.6 Å². The third kappa shape index (κ3) is 2.62. The van der Waals surface area contributed by atoms with Gasteiger partial charge < -0.3 is 10.6 Å². The van der Waals surface area contributed by atoms with E-state index in [0.29, 0.717) is 18.8 Å². The number of nitrogens with one attached hydrogen (secondary N) is 2. The number of carbonyl (C=O) groups excluding carboxylic acids is 1. The number of carbonyl (C=O) groups is 1. The Kier molecular flexibility index (Phi) is 3.15. The fraction of sp³-hybridized carbons (Fsp3) is 0.727. The maximum Gasteiger partial charge on any atom is 0.405 e. The van der Waals surface area contributed by atoms with Crippen LogP contribution in [0.3, 0.4) is 0 Å². The Morgan fingerprint density at radius 2 is 2.10 bits per heavy atom. The van der Waals surface area contributed by atoms with E-state index in [-0.39, 0.29) is 17.7 Å². The highest BCUT2D eigenvalue weighted by Gasteiger charge is 2.37. The molecule has 0 aromatic carbocycles. The van der Waals surface area contributed by atoms with Crippen LogP contribution in [0.25, 0.3) is 0 Å². The molecule has 2 aliphatic rings. The van der Waals surface area contributed by atoms with E-state index in [1.807, 2.05) is 5.32 Å². The summed E-state index contributed by atoms with van der Waals surface area (Å²) < 4.78 is 38.1. The van der Waals surface area contributed by atoms with Gasteiger partial charge in [0.1, 0.15) is 6.54 Å². The Balaban J connectivity index is 1.79. The van der Waals surface area contributed by atoms with Gasteiger partial charge in [0.25, 0.3) is 5.91 Å². The lowest BCUT2D eigenvalue weighted by Crippen LogP contribution is -2.42. The fourth-order valence-corrected chi connectivity index (χ4v) is 2.18. The van der Waals surface area contributed by atoms with Crippen molar-refractivity contribution in [2.24, 2.45) is 0 Å². The summed E-state index contributed by atoms with van der Waals surface area (Å²) in [6, 6.07) is 0.238. The second-order valence-electron chi connectivity index (χ2n) is 5.15. The van der Waals surface area contributed by atoms with Crippen molar-refractivity contribution in [3.8, 4) is 0 Å². The molecule has 1 amide bonds. The number of rotatable bonds is 4. The Bertz CT molecular complexity index is 519. The van der Waals surface area contributed by atoms with E-state index in [9.17, 15) is 18.0 Å². The van der Waals surface area contributed by atoms with Gasteiger partial charge in [0, 0.05) is 19.0 Å². The van der Waals surface area contributed by atoms with Gasteiger partial charge in [0.2, 0.25) is 0 Å². The van der Waals surface area contributed by atoms with Gasteiger partial charge in [-0.3, -0.25) is 4.79 Å². The van der Waals surface area contributed by atoms with Crippen molar-refractivity contribution in [1.29, 1.82) is 0 Å². The third-order valence-corrected chi connectivity index (χ3v) is 3.46. The van der Waals surface area contributed by atoms with Crippen molar-refractivity contribution in [2.45, 2.75) is 31.0 Å². The summed E-state index contributed by atoms with van der Waals surface area (Å²) in [5.74, 6) is -0.714. The number of alkyl halides is 3. The zero-order chi connectivity index (χ0) is 14.3. The predicted octanol–water partition coefficient (Wildman–Crippen LogP) is 0.592. The van der Waals surface area contributed by atoms with E-state index >= 15 is 0 Å². The molecule has 1 saturated carbocycles. The second-order valence-corrected chi connectivity index (χ2v) is 5.15. The molecule has 1 saturated heterocycles. The molecule has 0 atom stereocenters. The molecule has 6 nitrogen and oxygen atoms in total. The molecule has 2 N–H and O–H groups in total. The van der Waals surface area contributed by atoms with Gasteiger partial charge in [-0.05, 0) is 12.8 Å². The smallest absolute Gasteiger partial charge is 0.341 e. The van der Waals surface area contributed by atoms with Gasteiger partial charge >= 0.3 is 6.18 Å². The maximum absolute atomic E-state index is 12.1. The lowest BCUT2D eigenvalue weighted by molar-refractivity contribution is -0.123. The first-order chi connectivity index (χ1) is 9.46. The SMILES string of the molecule is O=C(NCC(F)(F)F)c1nnn(C2CC2)c1C1CNC1. The summed E-state index contributed by atoms with van der Waals surface area (Å²) >= 11 is 0. The standard InChI is InChI=1S/C11H14F3N5O/c12-11(13,14)5-16-10(20)8-9(6-3-15-4-6)19(18-17-8)7-1-2-7/h6-7,15H,1-5H2,(H,16,20). The molecule has 3 rings (SSSR count). The molecule has 1 aliphatic carbocycles. The fourth-order valence-electron chi connectivity index (χ4n) is 2.18. The Labute approximate surface area is 112 Å². The number of halogens is 3. The number of hydrogen-bond donors (Lipinski definition) is 2. The van der Waals surface area contributed by atoms with Crippen LogP contribution in [0, 0.1) is 0 Å². The van der Waals surface area contributed by atoms with Crippen LogP contribution in [0.2, 0.25) is 0 Å². The maximum atomic E-state index is 12.1. The Hall–Kier alpha value is -1.64. The highest BCUT2D eigenvalue weighted by molar-refractivity contribution is 5.93. The topological polar surface area (TPSA) is 71.8 Å². The van der Waals surface area contributed by atoms with Gasteiger partial charge in [-0.15, -0.1) is 5.10 Å². The number of amides is 1. The molecule has 0 spiro atoms. The van der Waals surface area contributed by atoms with Gasteiger partial charge in [-0.1, -0.05) is 5.21 Å². The number of hydrogen-bond acceptors (Lipinski definition) is 4. The number of aromatic nitrogens is 3. The van der Waals surface area contributed by atoms with Crippen LogP contribution in [-0.4, -0.2) is 46.7 Å². The van der Waals surface area contributed by atoms with Gasteiger partial charge in [0.15, 0.2) is 5.69 Å². The highest BCUT2D eigenvalue weighted by atomic mass is 19.4. The third-order valence-electron chi connectivity index (χ3n) is 3.46.